The molecule has 0 amide bonds. The summed E-state index contributed by atoms with van der Waals surface area (Å²) in [7, 11) is -2.60. The summed E-state index contributed by atoms with van der Waals surface area (Å²) in [5.74, 6) is -2.93. The van der Waals surface area contributed by atoms with Gasteiger partial charge in [-0.25, -0.2) is 22.2 Å². The molecule has 2 saturated heterocycles. The first-order valence-electron chi connectivity index (χ1n) is 10.4. The van der Waals surface area contributed by atoms with Crippen molar-refractivity contribution in [2.45, 2.75) is 24.2 Å². The number of hydrogen-bond acceptors (Lipinski definition) is 5. The number of sulfonamides is 1. The molecule has 2 aliphatic heterocycles. The zero-order valence-electron chi connectivity index (χ0n) is 17.5. The van der Waals surface area contributed by atoms with Crippen LogP contribution in [0.3, 0.4) is 0 Å². The van der Waals surface area contributed by atoms with Crippen molar-refractivity contribution in [2.24, 2.45) is 11.8 Å². The maximum Gasteiger partial charge on any atom is 0.268 e. The molecule has 6 nitrogen and oxygen atoms in total. The van der Waals surface area contributed by atoms with E-state index in [1.807, 2.05) is 4.72 Å². The van der Waals surface area contributed by atoms with Crippen molar-refractivity contribution in [1.82, 2.24) is 9.88 Å². The number of anilines is 2. The molecule has 0 spiro atoms. The molecule has 4 rings (SSSR count). The molecular weight excluding hydrogens is 465 g/mol. The molecule has 0 atom stereocenters. The van der Waals surface area contributed by atoms with Crippen molar-refractivity contribution in [1.29, 1.82) is 0 Å². The number of pyridine rings is 1. The van der Waals surface area contributed by atoms with Crippen LogP contribution in [0.15, 0.2) is 29.2 Å². The van der Waals surface area contributed by atoms with Crippen LogP contribution < -0.4 is 9.62 Å². The molecule has 32 heavy (non-hydrogen) atoms. The van der Waals surface area contributed by atoms with E-state index in [0.717, 1.165) is 50.6 Å². The fourth-order valence-electron chi connectivity index (χ4n) is 4.38. The van der Waals surface area contributed by atoms with Gasteiger partial charge >= 0.3 is 0 Å². The first kappa shape index (κ1) is 23.1. The van der Waals surface area contributed by atoms with E-state index in [1.54, 1.807) is 4.90 Å². The number of piperidine rings is 1. The van der Waals surface area contributed by atoms with E-state index >= 15 is 0 Å². The Morgan fingerprint density at radius 1 is 1.16 bits per heavy atom. The normalized spacial score (nSPS) is 18.6. The third-order valence-electron chi connectivity index (χ3n) is 6.12. The van der Waals surface area contributed by atoms with Crippen LogP contribution in [0.2, 0.25) is 5.02 Å². The van der Waals surface area contributed by atoms with E-state index in [9.17, 15) is 21.6 Å². The van der Waals surface area contributed by atoms with Crippen molar-refractivity contribution in [3.05, 3.63) is 46.9 Å². The molecule has 2 fully saturated rings. The number of aromatic nitrogens is 1. The summed E-state index contributed by atoms with van der Waals surface area (Å²) in [4.78, 5) is 6.19. The highest BCUT2D eigenvalue weighted by molar-refractivity contribution is 7.92. The number of hydrogen-bond donors (Lipinski definition) is 1. The van der Waals surface area contributed by atoms with Gasteiger partial charge in [-0.2, -0.15) is 4.39 Å². The van der Waals surface area contributed by atoms with Crippen LogP contribution >= 0.6 is 11.6 Å². The van der Waals surface area contributed by atoms with Gasteiger partial charge in [0.05, 0.1) is 5.69 Å². The fourth-order valence-corrected chi connectivity index (χ4v) is 5.85. The second-order valence-electron chi connectivity index (χ2n) is 8.54. The van der Waals surface area contributed by atoms with Gasteiger partial charge in [-0.1, -0.05) is 17.7 Å². The minimum absolute atomic E-state index is 0.129. The topological polar surface area (TPSA) is 65.5 Å². The van der Waals surface area contributed by atoms with Gasteiger partial charge in [0.25, 0.3) is 10.0 Å². The van der Waals surface area contributed by atoms with Crippen LogP contribution in [-0.4, -0.2) is 51.5 Å². The number of likely N-dealkylation sites (tertiary alicyclic amines) is 1. The molecule has 0 radical (unpaired) electrons. The Kier molecular flexibility index (Phi) is 6.56. The summed E-state index contributed by atoms with van der Waals surface area (Å²) in [6, 6.07) is 4.33. The van der Waals surface area contributed by atoms with Crippen LogP contribution in [0.1, 0.15) is 19.3 Å². The van der Waals surface area contributed by atoms with Gasteiger partial charge in [0.15, 0.2) is 10.7 Å². The average Bonchev–Trinajstić information content (AvgIpc) is 2.68. The first-order valence-corrected chi connectivity index (χ1v) is 12.3. The van der Waals surface area contributed by atoms with Gasteiger partial charge in [-0.05, 0) is 63.4 Å². The highest BCUT2D eigenvalue weighted by Gasteiger charge is 2.35. The second kappa shape index (κ2) is 9.07. The number of nitrogens with one attached hydrogen (secondary N) is 1. The van der Waals surface area contributed by atoms with Gasteiger partial charge < -0.3 is 9.80 Å². The third-order valence-corrected chi connectivity index (χ3v) is 7.87. The Morgan fingerprint density at radius 3 is 2.50 bits per heavy atom. The molecule has 1 aromatic carbocycles. The number of nitrogens with zero attached hydrogens (tertiary/aromatic N) is 3. The Labute approximate surface area is 190 Å². The Bertz CT molecular complexity index is 1100. The zero-order valence-corrected chi connectivity index (χ0v) is 19.1. The summed E-state index contributed by atoms with van der Waals surface area (Å²) in [5, 5.41) is -0.461. The lowest BCUT2D eigenvalue weighted by Gasteiger charge is -2.44. The largest absolute Gasteiger partial charge is 0.369 e. The van der Waals surface area contributed by atoms with Crippen molar-refractivity contribution in [3.63, 3.8) is 0 Å². The smallest absolute Gasteiger partial charge is 0.268 e. The third kappa shape index (κ3) is 4.82. The monoisotopic (exact) mass is 488 g/mol. The minimum atomic E-state index is -4.72. The Morgan fingerprint density at radius 2 is 1.84 bits per heavy atom. The molecule has 0 saturated carbocycles. The van der Waals surface area contributed by atoms with Crippen LogP contribution in [0.25, 0.3) is 0 Å². The minimum Gasteiger partial charge on any atom is -0.369 e. The van der Waals surface area contributed by atoms with Crippen LogP contribution in [0, 0.1) is 29.4 Å². The predicted octanol–water partition coefficient (Wildman–Crippen LogP) is 4.12. The fraction of sp³-hybridized carbons (Fsp3) is 0.476. The van der Waals surface area contributed by atoms with Gasteiger partial charge in [-0.15, -0.1) is 0 Å². The number of halogens is 4. The molecule has 0 aliphatic carbocycles. The van der Waals surface area contributed by atoms with E-state index in [0.29, 0.717) is 24.9 Å². The van der Waals surface area contributed by atoms with Crippen LogP contribution in [0.5, 0.6) is 0 Å². The zero-order chi connectivity index (χ0) is 23.0. The summed E-state index contributed by atoms with van der Waals surface area (Å²) < 4.78 is 69.9. The van der Waals surface area contributed by atoms with E-state index in [4.69, 9.17) is 11.6 Å². The standard InChI is InChI=1S/C21H24ClF3N4O2S/c1-28-7-5-13(6-8-28)9-14-11-29(12-14)16-10-15(23)21(20(25)19(16)22)32(30,31)27-18-4-2-3-17(24)26-18/h2-4,10,13-14H,5-9,11-12H2,1H3,(H,26,27). The molecule has 1 N–H and O–H groups in total. The molecule has 174 valence electrons. The maximum absolute atomic E-state index is 14.9. The lowest BCUT2D eigenvalue weighted by atomic mass is 9.83. The highest BCUT2D eigenvalue weighted by Crippen LogP contribution is 2.39. The maximum atomic E-state index is 14.9. The van der Waals surface area contributed by atoms with Crippen LogP contribution in [-0.2, 0) is 10.0 Å². The summed E-state index contributed by atoms with van der Waals surface area (Å²) in [6.07, 6.45) is 3.36. The van der Waals surface area contributed by atoms with Gasteiger partial charge in [-0.3, -0.25) is 4.72 Å². The molecule has 2 aromatic rings. The predicted molar refractivity (Wildman–Crippen MR) is 117 cm³/mol. The highest BCUT2D eigenvalue weighted by atomic mass is 35.5. The Balaban J connectivity index is 1.47. The van der Waals surface area contributed by atoms with Crippen molar-refractivity contribution < 1.29 is 21.6 Å². The summed E-state index contributed by atoms with van der Waals surface area (Å²) in [5.41, 5.74) is 0.129. The van der Waals surface area contributed by atoms with E-state index in [2.05, 4.69) is 16.9 Å². The second-order valence-corrected chi connectivity index (χ2v) is 10.5. The average molecular weight is 489 g/mol. The molecular formula is C21H24ClF3N4O2S. The van der Waals surface area contributed by atoms with Crippen molar-refractivity contribution in [3.8, 4) is 0 Å². The van der Waals surface area contributed by atoms with E-state index < -0.39 is 43.3 Å². The molecule has 2 aliphatic rings. The molecule has 11 heteroatoms. The molecule has 0 unspecified atom stereocenters. The van der Waals surface area contributed by atoms with Gasteiger partial charge in [0.1, 0.15) is 16.7 Å². The molecule has 0 bridgehead atoms. The molecule has 3 heterocycles. The van der Waals surface area contributed by atoms with Crippen LogP contribution in [0.4, 0.5) is 24.7 Å². The SMILES string of the molecule is CN1CCC(CC2CN(c3cc(F)c(S(=O)(=O)Nc4cccc(F)n4)c(F)c3Cl)C2)CC1. The number of rotatable bonds is 6. The lowest BCUT2D eigenvalue weighted by molar-refractivity contribution is 0.186. The summed E-state index contributed by atoms with van der Waals surface area (Å²) in [6.45, 7) is 3.39. The number of benzene rings is 1. The quantitative estimate of drug-likeness (QED) is 0.489. The van der Waals surface area contributed by atoms with Crippen molar-refractivity contribution in [2.75, 3.05) is 42.8 Å². The van der Waals surface area contributed by atoms with Crippen molar-refractivity contribution >= 4 is 33.1 Å². The summed E-state index contributed by atoms with van der Waals surface area (Å²) >= 11 is 6.11. The van der Waals surface area contributed by atoms with E-state index in [-0.39, 0.29) is 5.69 Å². The van der Waals surface area contributed by atoms with E-state index in [1.165, 1.54) is 6.07 Å². The van der Waals surface area contributed by atoms with Gasteiger partial charge in [0, 0.05) is 19.2 Å². The first-order chi connectivity index (χ1) is 15.1. The molecule has 1 aromatic heterocycles. The Hall–Kier alpha value is -2.04. The lowest BCUT2D eigenvalue weighted by Crippen LogP contribution is -2.48. The van der Waals surface area contributed by atoms with Gasteiger partial charge in [0.2, 0.25) is 5.95 Å².